The lowest BCUT2D eigenvalue weighted by Gasteiger charge is -2.21. The van der Waals surface area contributed by atoms with E-state index in [9.17, 15) is 14.3 Å². The van der Waals surface area contributed by atoms with Gasteiger partial charge in [-0.25, -0.2) is 19.2 Å². The van der Waals surface area contributed by atoms with Crippen molar-refractivity contribution in [3.63, 3.8) is 0 Å². The van der Waals surface area contributed by atoms with Crippen molar-refractivity contribution in [2.45, 2.75) is 26.3 Å². The van der Waals surface area contributed by atoms with Crippen molar-refractivity contribution in [1.82, 2.24) is 15.3 Å². The van der Waals surface area contributed by atoms with E-state index in [1.54, 1.807) is 6.92 Å². The van der Waals surface area contributed by atoms with Crippen LogP contribution in [-0.2, 0) is 4.74 Å². The van der Waals surface area contributed by atoms with Crippen molar-refractivity contribution in [3.05, 3.63) is 47.8 Å². The molecule has 3 aromatic rings. The first kappa shape index (κ1) is 19.9. The van der Waals surface area contributed by atoms with Crippen molar-refractivity contribution in [3.8, 4) is 17.1 Å². The van der Waals surface area contributed by atoms with E-state index < -0.39 is 11.9 Å². The highest BCUT2D eigenvalue weighted by atomic mass is 19.1. The average molecular weight is 410 g/mol. The van der Waals surface area contributed by atoms with Gasteiger partial charge in [0.1, 0.15) is 17.4 Å². The van der Waals surface area contributed by atoms with Crippen molar-refractivity contribution >= 4 is 22.8 Å². The van der Waals surface area contributed by atoms with E-state index in [1.165, 1.54) is 18.2 Å². The Kier molecular flexibility index (Phi) is 5.39. The summed E-state index contributed by atoms with van der Waals surface area (Å²) < 4.78 is 19.5. The van der Waals surface area contributed by atoms with Crippen LogP contribution in [0.2, 0.25) is 0 Å². The number of amides is 1. The number of alkyl carbamates (subject to hydrolysis) is 1. The molecule has 156 valence electrons. The van der Waals surface area contributed by atoms with Crippen LogP contribution in [0.5, 0.6) is 5.75 Å². The van der Waals surface area contributed by atoms with Gasteiger partial charge in [0.05, 0.1) is 23.7 Å². The van der Waals surface area contributed by atoms with E-state index in [0.29, 0.717) is 31.0 Å². The average Bonchev–Trinajstić information content (AvgIpc) is 3.15. The predicted octanol–water partition coefficient (Wildman–Crippen LogP) is 3.77. The number of ether oxygens (including phenoxy) is 1. The Bertz CT molecular complexity index is 1080. The van der Waals surface area contributed by atoms with Crippen LogP contribution >= 0.6 is 0 Å². The number of rotatable bonds is 4. The fourth-order valence-electron chi connectivity index (χ4n) is 3.72. The highest BCUT2D eigenvalue weighted by Crippen LogP contribution is 2.34. The molecule has 1 aliphatic heterocycles. The number of hydrogen-bond donors (Lipinski definition) is 2. The molecule has 0 radical (unpaired) electrons. The molecule has 1 aliphatic rings. The Hall–Kier alpha value is -3.42. The molecule has 0 aliphatic carbocycles. The molecule has 1 aromatic heterocycles. The topological polar surface area (TPSA) is 87.6 Å². The second-order valence-electron chi connectivity index (χ2n) is 7.32. The zero-order valence-electron chi connectivity index (χ0n) is 16.9. The fourth-order valence-corrected chi connectivity index (χ4v) is 3.72. The summed E-state index contributed by atoms with van der Waals surface area (Å²) in [6.07, 6.45) is 0.292. The van der Waals surface area contributed by atoms with E-state index in [4.69, 9.17) is 4.74 Å². The van der Waals surface area contributed by atoms with Gasteiger partial charge in [0.15, 0.2) is 5.82 Å². The van der Waals surface area contributed by atoms with Gasteiger partial charge >= 0.3 is 6.09 Å². The summed E-state index contributed by atoms with van der Waals surface area (Å²) >= 11 is 0. The van der Waals surface area contributed by atoms with Crippen LogP contribution in [0.3, 0.4) is 0 Å². The highest BCUT2D eigenvalue weighted by Gasteiger charge is 2.28. The van der Waals surface area contributed by atoms with Gasteiger partial charge in [0.2, 0.25) is 0 Å². The number of benzene rings is 2. The molecule has 0 spiro atoms. The molecule has 0 bridgehead atoms. The third-order valence-corrected chi connectivity index (χ3v) is 5.13. The van der Waals surface area contributed by atoms with Gasteiger partial charge in [-0.2, -0.15) is 0 Å². The standard InChI is InChI=1S/C22H23FN4O3/c1-3-30-22(29)24-14-9-10-27(12-14)21-15-8-7-13(2)11-17(15)25-20(26-21)19-16(23)5-4-6-18(19)28/h4-8,11,14,28H,3,9-10,12H2,1-2H3,(H,24,29). The molecule has 1 fully saturated rings. The molecule has 1 amide bonds. The number of nitrogens with one attached hydrogen (secondary N) is 1. The summed E-state index contributed by atoms with van der Waals surface area (Å²) in [5, 5.41) is 13.9. The number of anilines is 1. The summed E-state index contributed by atoms with van der Waals surface area (Å²) in [5.41, 5.74) is 1.65. The summed E-state index contributed by atoms with van der Waals surface area (Å²) in [6.45, 7) is 5.24. The Morgan fingerprint density at radius 2 is 2.17 bits per heavy atom. The molecule has 0 saturated carbocycles. The second-order valence-corrected chi connectivity index (χ2v) is 7.32. The van der Waals surface area contributed by atoms with Crippen LogP contribution in [-0.4, -0.2) is 46.9 Å². The fraction of sp³-hybridized carbons (Fsp3) is 0.318. The predicted molar refractivity (Wildman–Crippen MR) is 112 cm³/mol. The minimum atomic E-state index is -0.587. The molecule has 8 heteroatoms. The summed E-state index contributed by atoms with van der Waals surface area (Å²) in [6, 6.07) is 9.87. The number of phenolic OH excluding ortho intramolecular Hbond substituents is 1. The molecule has 2 aromatic carbocycles. The van der Waals surface area contributed by atoms with Gasteiger partial charge in [-0.3, -0.25) is 0 Å². The van der Waals surface area contributed by atoms with Crippen LogP contribution in [0, 0.1) is 12.7 Å². The van der Waals surface area contributed by atoms with Gasteiger partial charge in [0.25, 0.3) is 0 Å². The zero-order chi connectivity index (χ0) is 21.3. The molecule has 2 N–H and O–H groups in total. The number of aryl methyl sites for hydroxylation is 1. The first-order chi connectivity index (χ1) is 14.5. The number of aromatic nitrogens is 2. The van der Waals surface area contributed by atoms with E-state index in [-0.39, 0.29) is 23.2 Å². The molecular weight excluding hydrogens is 387 g/mol. The molecule has 7 nitrogen and oxygen atoms in total. The number of carbonyl (C=O) groups excluding carboxylic acids is 1. The van der Waals surface area contributed by atoms with E-state index in [2.05, 4.69) is 15.3 Å². The number of aromatic hydroxyl groups is 1. The minimum absolute atomic E-state index is 0.0254. The van der Waals surface area contributed by atoms with Crippen LogP contribution in [0.4, 0.5) is 15.0 Å². The number of carbonyl (C=O) groups is 1. The Morgan fingerprint density at radius 3 is 2.93 bits per heavy atom. The summed E-state index contributed by atoms with van der Waals surface area (Å²) in [7, 11) is 0. The van der Waals surface area contributed by atoms with Gasteiger partial charge in [0, 0.05) is 18.5 Å². The molecule has 1 saturated heterocycles. The van der Waals surface area contributed by atoms with E-state index in [0.717, 1.165) is 17.4 Å². The molecule has 2 heterocycles. The van der Waals surface area contributed by atoms with Crippen molar-refractivity contribution in [2.24, 2.45) is 0 Å². The zero-order valence-corrected chi connectivity index (χ0v) is 16.9. The summed E-state index contributed by atoms with van der Waals surface area (Å²) in [4.78, 5) is 22.9. The van der Waals surface area contributed by atoms with E-state index in [1.807, 2.05) is 30.0 Å². The first-order valence-electron chi connectivity index (χ1n) is 9.90. The lowest BCUT2D eigenvalue weighted by atomic mass is 10.1. The normalized spacial score (nSPS) is 16.1. The van der Waals surface area contributed by atoms with Crippen molar-refractivity contribution < 1.29 is 19.0 Å². The maximum atomic E-state index is 14.5. The Balaban J connectivity index is 1.75. The van der Waals surface area contributed by atoms with Crippen LogP contribution in [0.1, 0.15) is 18.9 Å². The quantitative estimate of drug-likeness (QED) is 0.681. The number of hydrogen-bond acceptors (Lipinski definition) is 6. The van der Waals surface area contributed by atoms with Crippen LogP contribution in [0.25, 0.3) is 22.3 Å². The smallest absolute Gasteiger partial charge is 0.407 e. The number of nitrogens with zero attached hydrogens (tertiary/aromatic N) is 3. The van der Waals surface area contributed by atoms with Gasteiger partial charge in [-0.05, 0) is 50.1 Å². The Labute approximate surface area is 173 Å². The van der Waals surface area contributed by atoms with Gasteiger partial charge in [-0.1, -0.05) is 12.1 Å². The molecular formula is C22H23FN4O3. The second kappa shape index (κ2) is 8.14. The largest absolute Gasteiger partial charge is 0.507 e. The van der Waals surface area contributed by atoms with Crippen molar-refractivity contribution in [2.75, 3.05) is 24.6 Å². The monoisotopic (exact) mass is 410 g/mol. The molecule has 1 unspecified atom stereocenters. The minimum Gasteiger partial charge on any atom is -0.507 e. The maximum absolute atomic E-state index is 14.5. The third-order valence-electron chi connectivity index (χ3n) is 5.13. The highest BCUT2D eigenvalue weighted by molar-refractivity contribution is 5.92. The number of phenols is 1. The number of halogens is 1. The molecule has 30 heavy (non-hydrogen) atoms. The first-order valence-corrected chi connectivity index (χ1v) is 9.90. The maximum Gasteiger partial charge on any atom is 0.407 e. The molecule has 4 rings (SSSR count). The molecule has 1 atom stereocenters. The lowest BCUT2D eigenvalue weighted by Crippen LogP contribution is -2.37. The SMILES string of the molecule is CCOC(=O)NC1CCN(c2nc(-c3c(O)cccc3F)nc3cc(C)ccc23)C1. The lowest BCUT2D eigenvalue weighted by molar-refractivity contribution is 0.149. The van der Waals surface area contributed by atoms with Crippen molar-refractivity contribution in [1.29, 1.82) is 0 Å². The van der Waals surface area contributed by atoms with Crippen LogP contribution < -0.4 is 10.2 Å². The van der Waals surface area contributed by atoms with Gasteiger partial charge in [-0.15, -0.1) is 0 Å². The van der Waals surface area contributed by atoms with Crippen LogP contribution in [0.15, 0.2) is 36.4 Å². The van der Waals surface area contributed by atoms with E-state index >= 15 is 0 Å². The Morgan fingerprint density at radius 1 is 1.33 bits per heavy atom. The number of fused-ring (bicyclic) bond motifs is 1. The summed E-state index contributed by atoms with van der Waals surface area (Å²) in [5.74, 6) is -0.0289. The van der Waals surface area contributed by atoms with Gasteiger partial charge < -0.3 is 20.1 Å². The third kappa shape index (κ3) is 3.85.